The molecule has 206 valence electrons. The quantitative estimate of drug-likeness (QED) is 0.224. The summed E-state index contributed by atoms with van der Waals surface area (Å²) < 4.78 is 6.07. The smallest absolute Gasteiger partial charge is 0.320 e. The van der Waals surface area contributed by atoms with Crippen molar-refractivity contribution in [1.29, 1.82) is 0 Å². The molecule has 0 rings (SSSR count). The van der Waals surface area contributed by atoms with E-state index in [1.54, 1.807) is 7.05 Å². The van der Waals surface area contributed by atoms with Crippen molar-refractivity contribution in [3.8, 4) is 0 Å². The van der Waals surface area contributed by atoms with E-state index in [-0.39, 0.29) is 17.2 Å². The van der Waals surface area contributed by atoms with Crippen molar-refractivity contribution < 1.29 is 24.2 Å². The first kappa shape index (κ1) is 33.3. The van der Waals surface area contributed by atoms with Crippen molar-refractivity contribution >= 4 is 17.8 Å². The monoisotopic (exact) mass is 499 g/mol. The first-order valence-corrected chi connectivity index (χ1v) is 12.9. The van der Waals surface area contributed by atoms with Crippen LogP contribution in [0.15, 0.2) is 0 Å². The molecule has 4 N–H and O–H groups in total. The molecule has 0 fully saturated rings. The summed E-state index contributed by atoms with van der Waals surface area (Å²) in [5, 5.41) is 17.8. The number of nitrogens with one attached hydrogen (secondary N) is 3. The maximum atomic E-state index is 12.6. The highest BCUT2D eigenvalue weighted by Gasteiger charge is 2.33. The van der Waals surface area contributed by atoms with E-state index in [4.69, 9.17) is 9.84 Å². The highest BCUT2D eigenvalue weighted by molar-refractivity contribution is 5.82. The number of carbonyl (C=O) groups is 3. The zero-order valence-electron chi connectivity index (χ0n) is 24.0. The van der Waals surface area contributed by atoms with Crippen LogP contribution in [0, 0.1) is 16.2 Å². The number of aliphatic carboxylic acids is 1. The average molecular weight is 500 g/mol. The summed E-state index contributed by atoms with van der Waals surface area (Å²) in [5.74, 6) is -0.825. The van der Waals surface area contributed by atoms with E-state index >= 15 is 0 Å². The minimum Gasteiger partial charge on any atom is -0.480 e. The van der Waals surface area contributed by atoms with Gasteiger partial charge in [0, 0.05) is 30.5 Å². The molecule has 1 atom stereocenters. The first-order valence-electron chi connectivity index (χ1n) is 12.9. The fraction of sp³-hybridized carbons (Fsp3) is 0.889. The molecule has 0 bridgehead atoms. The molecule has 0 aromatic heterocycles. The van der Waals surface area contributed by atoms with Crippen molar-refractivity contribution in [3.63, 3.8) is 0 Å². The molecule has 0 spiro atoms. The van der Waals surface area contributed by atoms with Gasteiger partial charge in [-0.2, -0.15) is 0 Å². The second-order valence-corrected chi connectivity index (χ2v) is 12.8. The van der Waals surface area contributed by atoms with Crippen LogP contribution in [0.3, 0.4) is 0 Å². The summed E-state index contributed by atoms with van der Waals surface area (Å²) in [6.07, 6.45) is 4.05. The standard InChI is InChI=1S/C27H53N3O5/c1-24(2,3)19-26(6,7)23(34)30-17-14-27(8,9)35-18-15-25(4,5)22(33)29-16-12-11-13-20(28-10)21(31)32/h20,28H,11-19H2,1-10H3,(H,29,33)(H,30,34)(H,31,32). The highest BCUT2D eigenvalue weighted by atomic mass is 16.5. The Hall–Kier alpha value is -1.67. The van der Waals surface area contributed by atoms with E-state index in [0.29, 0.717) is 39.0 Å². The molecule has 0 aliphatic heterocycles. The first-order chi connectivity index (χ1) is 15.8. The van der Waals surface area contributed by atoms with Crippen LogP contribution >= 0.6 is 0 Å². The summed E-state index contributed by atoms with van der Waals surface area (Å²) >= 11 is 0. The number of likely N-dealkylation sites (N-methyl/N-ethyl adjacent to an activating group) is 1. The Kier molecular flexibility index (Phi) is 13.5. The molecule has 35 heavy (non-hydrogen) atoms. The lowest BCUT2D eigenvalue weighted by Gasteiger charge is -2.32. The van der Waals surface area contributed by atoms with Gasteiger partial charge in [0.15, 0.2) is 0 Å². The van der Waals surface area contributed by atoms with Crippen molar-refractivity contribution in [2.45, 2.75) is 112 Å². The number of unbranched alkanes of at least 4 members (excludes halogenated alkanes) is 1. The Balaban J connectivity index is 4.34. The normalized spacial score (nSPS) is 13.9. The number of carboxylic acids is 1. The molecule has 0 aliphatic carbocycles. The predicted octanol–water partition coefficient (Wildman–Crippen LogP) is 4.13. The number of rotatable bonds is 17. The molecule has 0 saturated carbocycles. The van der Waals surface area contributed by atoms with Crippen LogP contribution in [0.5, 0.6) is 0 Å². The van der Waals surface area contributed by atoms with Gasteiger partial charge in [0.25, 0.3) is 0 Å². The van der Waals surface area contributed by atoms with Gasteiger partial charge in [-0.05, 0) is 64.8 Å². The molecule has 0 aliphatic rings. The minimum absolute atomic E-state index is 0.0318. The number of hydrogen-bond acceptors (Lipinski definition) is 5. The molecule has 0 heterocycles. The van der Waals surface area contributed by atoms with Gasteiger partial charge in [-0.25, -0.2) is 0 Å². The Bertz CT molecular complexity index is 681. The van der Waals surface area contributed by atoms with Crippen molar-refractivity contribution in [3.05, 3.63) is 0 Å². The van der Waals surface area contributed by atoms with Gasteiger partial charge in [-0.15, -0.1) is 0 Å². The molecule has 8 heteroatoms. The third-order valence-corrected chi connectivity index (χ3v) is 6.29. The lowest BCUT2D eigenvalue weighted by atomic mass is 9.75. The Morgan fingerprint density at radius 3 is 1.86 bits per heavy atom. The fourth-order valence-corrected chi connectivity index (χ4v) is 4.20. The third-order valence-electron chi connectivity index (χ3n) is 6.29. The van der Waals surface area contributed by atoms with Crippen LogP contribution in [-0.4, -0.2) is 61.3 Å². The zero-order chi connectivity index (χ0) is 27.5. The van der Waals surface area contributed by atoms with Crippen LogP contribution in [0.1, 0.15) is 101 Å². The summed E-state index contributed by atoms with van der Waals surface area (Å²) in [6.45, 7) is 19.7. The van der Waals surface area contributed by atoms with Gasteiger partial charge in [0.05, 0.1) is 5.60 Å². The van der Waals surface area contributed by atoms with Crippen LogP contribution in [0.25, 0.3) is 0 Å². The van der Waals surface area contributed by atoms with Crippen LogP contribution < -0.4 is 16.0 Å². The van der Waals surface area contributed by atoms with E-state index in [2.05, 4.69) is 36.7 Å². The second kappa shape index (κ2) is 14.2. The van der Waals surface area contributed by atoms with Crippen LogP contribution in [-0.2, 0) is 19.1 Å². The Labute approximate surface area is 213 Å². The highest BCUT2D eigenvalue weighted by Crippen LogP contribution is 2.33. The van der Waals surface area contributed by atoms with Crippen molar-refractivity contribution in [2.24, 2.45) is 16.2 Å². The molecule has 0 radical (unpaired) electrons. The number of carboxylic acid groups (broad SMARTS) is 1. The molecular weight excluding hydrogens is 446 g/mol. The maximum Gasteiger partial charge on any atom is 0.320 e. The zero-order valence-corrected chi connectivity index (χ0v) is 24.0. The lowest BCUT2D eigenvalue weighted by molar-refractivity contribution is -0.139. The fourth-order valence-electron chi connectivity index (χ4n) is 4.20. The van der Waals surface area contributed by atoms with E-state index < -0.39 is 28.4 Å². The topological polar surface area (TPSA) is 117 Å². The average Bonchev–Trinajstić information content (AvgIpc) is 2.67. The van der Waals surface area contributed by atoms with Crippen molar-refractivity contribution in [1.82, 2.24) is 16.0 Å². The second-order valence-electron chi connectivity index (χ2n) is 12.8. The van der Waals surface area contributed by atoms with Gasteiger partial charge in [0.1, 0.15) is 6.04 Å². The van der Waals surface area contributed by atoms with Gasteiger partial charge in [-0.1, -0.05) is 48.5 Å². The van der Waals surface area contributed by atoms with E-state index in [9.17, 15) is 14.4 Å². The molecule has 2 amide bonds. The Morgan fingerprint density at radius 1 is 0.800 bits per heavy atom. The van der Waals surface area contributed by atoms with E-state index in [1.165, 1.54) is 0 Å². The van der Waals surface area contributed by atoms with Gasteiger partial charge < -0.3 is 25.8 Å². The molecule has 0 aromatic carbocycles. The largest absolute Gasteiger partial charge is 0.480 e. The van der Waals surface area contributed by atoms with E-state index in [1.807, 2.05) is 41.5 Å². The van der Waals surface area contributed by atoms with E-state index in [0.717, 1.165) is 19.3 Å². The number of hydrogen-bond donors (Lipinski definition) is 4. The predicted molar refractivity (Wildman–Crippen MR) is 141 cm³/mol. The Morgan fingerprint density at radius 2 is 1.34 bits per heavy atom. The van der Waals surface area contributed by atoms with Gasteiger partial charge in [-0.3, -0.25) is 14.4 Å². The number of carbonyl (C=O) groups excluding carboxylic acids is 2. The lowest BCUT2D eigenvalue weighted by Crippen LogP contribution is -2.42. The maximum absolute atomic E-state index is 12.6. The summed E-state index contributed by atoms with van der Waals surface area (Å²) in [4.78, 5) is 36.2. The summed E-state index contributed by atoms with van der Waals surface area (Å²) in [7, 11) is 1.64. The van der Waals surface area contributed by atoms with Crippen molar-refractivity contribution in [2.75, 3.05) is 26.7 Å². The summed E-state index contributed by atoms with van der Waals surface area (Å²) in [6, 6.07) is -0.550. The van der Waals surface area contributed by atoms with Crippen LogP contribution in [0.2, 0.25) is 0 Å². The minimum atomic E-state index is -0.854. The van der Waals surface area contributed by atoms with Gasteiger partial charge >= 0.3 is 5.97 Å². The molecule has 8 nitrogen and oxygen atoms in total. The molecule has 1 unspecified atom stereocenters. The number of amides is 2. The SMILES string of the molecule is CNC(CCCCNC(=O)C(C)(C)CCOC(C)(C)CCNC(=O)C(C)(C)CC(C)(C)C)C(=O)O. The third kappa shape index (κ3) is 14.5. The number of ether oxygens (including phenoxy) is 1. The molecule has 0 aromatic rings. The van der Waals surface area contributed by atoms with Crippen LogP contribution in [0.4, 0.5) is 0 Å². The van der Waals surface area contributed by atoms with Gasteiger partial charge in [0.2, 0.25) is 11.8 Å². The molecular formula is C27H53N3O5. The molecule has 0 saturated heterocycles. The summed E-state index contributed by atoms with van der Waals surface area (Å²) in [5.41, 5.74) is -1.33.